The predicted molar refractivity (Wildman–Crippen MR) is 144 cm³/mol. The number of esters is 4. The Kier molecular flexibility index (Phi) is 6.20. The molecule has 0 radical (unpaired) electrons. The largest absolute Gasteiger partial charge is 0.386 e. The van der Waals surface area contributed by atoms with Gasteiger partial charge in [0.1, 0.15) is 0 Å². The molecule has 4 aromatic carbocycles. The van der Waals surface area contributed by atoms with Crippen molar-refractivity contribution in [2.75, 3.05) is 10.6 Å². The molecule has 2 aliphatic heterocycles. The topological polar surface area (TPSA) is 145 Å². The molecule has 0 saturated carbocycles. The van der Waals surface area contributed by atoms with Crippen LogP contribution in [0.4, 0.5) is 11.4 Å². The summed E-state index contributed by atoms with van der Waals surface area (Å²) in [6.45, 7) is 0. The number of fused-ring (bicyclic) bond motifs is 2. The highest BCUT2D eigenvalue weighted by Gasteiger charge is 2.31. The molecule has 0 atom stereocenters. The van der Waals surface area contributed by atoms with Crippen molar-refractivity contribution in [2.45, 2.75) is 6.42 Å². The average molecular weight is 546 g/mol. The van der Waals surface area contributed by atoms with E-state index in [1.165, 1.54) is 36.4 Å². The summed E-state index contributed by atoms with van der Waals surface area (Å²) < 4.78 is 9.11. The summed E-state index contributed by atoms with van der Waals surface area (Å²) in [6.07, 6.45) is 0.602. The second-order valence-electron chi connectivity index (χ2n) is 9.35. The van der Waals surface area contributed by atoms with Gasteiger partial charge in [0.15, 0.2) is 0 Å². The molecule has 2 N–H and O–H groups in total. The first-order valence-corrected chi connectivity index (χ1v) is 12.4. The quantitative estimate of drug-likeness (QED) is 0.267. The molecular weight excluding hydrogens is 528 g/mol. The summed E-state index contributed by atoms with van der Waals surface area (Å²) in [5, 5.41) is 5.53. The number of hydrogen-bond acceptors (Lipinski definition) is 8. The molecule has 0 spiro atoms. The zero-order valence-electron chi connectivity index (χ0n) is 21.1. The van der Waals surface area contributed by atoms with Gasteiger partial charge in [0.2, 0.25) is 0 Å². The summed E-state index contributed by atoms with van der Waals surface area (Å²) in [4.78, 5) is 72.0. The van der Waals surface area contributed by atoms with E-state index in [2.05, 4.69) is 20.1 Å². The van der Waals surface area contributed by atoms with Crippen LogP contribution < -0.4 is 10.6 Å². The van der Waals surface area contributed by atoms with Gasteiger partial charge in [-0.05, 0) is 78.2 Å². The maximum absolute atomic E-state index is 12.6. The second kappa shape index (κ2) is 10.0. The van der Waals surface area contributed by atoms with Gasteiger partial charge in [-0.15, -0.1) is 0 Å². The molecule has 0 unspecified atom stereocenters. The van der Waals surface area contributed by atoms with E-state index in [1.807, 2.05) is 24.3 Å². The van der Waals surface area contributed by atoms with Crippen LogP contribution in [-0.2, 0) is 15.9 Å². The number of rotatable bonds is 6. The van der Waals surface area contributed by atoms with Crippen LogP contribution in [0, 0.1) is 0 Å². The minimum Gasteiger partial charge on any atom is -0.386 e. The van der Waals surface area contributed by atoms with Crippen LogP contribution in [0.15, 0.2) is 84.9 Å². The van der Waals surface area contributed by atoms with Crippen LogP contribution in [0.2, 0.25) is 0 Å². The van der Waals surface area contributed by atoms with E-state index >= 15 is 0 Å². The molecule has 0 saturated heterocycles. The fourth-order valence-corrected chi connectivity index (χ4v) is 4.51. The van der Waals surface area contributed by atoms with Crippen LogP contribution in [0.5, 0.6) is 0 Å². The lowest BCUT2D eigenvalue weighted by molar-refractivity contribution is 0.0425. The Labute approximate surface area is 231 Å². The standard InChI is InChI=1S/C31H18N2O8/c34-26(18-5-11-22-24(14-18)30(38)40-28(22)36)32-20-7-1-16(2-8-20)13-17-3-9-21(10-4-17)33-27(35)19-6-12-23-25(15-19)31(39)41-29(23)37/h1-12,14-15H,13H2,(H,32,34)(H,33,35). The highest BCUT2D eigenvalue weighted by atomic mass is 16.6. The second-order valence-corrected chi connectivity index (χ2v) is 9.35. The molecule has 10 heteroatoms. The minimum absolute atomic E-state index is 0.0658. The molecule has 0 fully saturated rings. The summed E-state index contributed by atoms with van der Waals surface area (Å²) in [7, 11) is 0. The van der Waals surface area contributed by atoms with Gasteiger partial charge >= 0.3 is 23.9 Å². The third-order valence-electron chi connectivity index (χ3n) is 6.65. The normalized spacial score (nSPS) is 13.3. The smallest absolute Gasteiger partial charge is 0.346 e. The Morgan fingerprint density at radius 1 is 0.488 bits per heavy atom. The molecule has 10 nitrogen and oxygen atoms in total. The summed E-state index contributed by atoms with van der Waals surface area (Å²) in [5.74, 6) is -3.86. The Morgan fingerprint density at radius 2 is 0.854 bits per heavy atom. The highest BCUT2D eigenvalue weighted by Crippen LogP contribution is 2.24. The van der Waals surface area contributed by atoms with Gasteiger partial charge in [-0.3, -0.25) is 9.59 Å². The van der Waals surface area contributed by atoms with Gasteiger partial charge in [-0.25, -0.2) is 19.2 Å². The van der Waals surface area contributed by atoms with E-state index in [-0.39, 0.29) is 33.4 Å². The summed E-state index contributed by atoms with van der Waals surface area (Å²) >= 11 is 0. The molecule has 0 bridgehead atoms. The number of cyclic esters (lactones) is 4. The lowest BCUT2D eigenvalue weighted by atomic mass is 10.0. The molecule has 41 heavy (non-hydrogen) atoms. The Bertz CT molecular complexity index is 1670. The average Bonchev–Trinajstić information content (AvgIpc) is 3.43. The number of ether oxygens (including phenoxy) is 2. The van der Waals surface area contributed by atoms with E-state index < -0.39 is 35.7 Å². The van der Waals surface area contributed by atoms with E-state index in [9.17, 15) is 28.8 Å². The van der Waals surface area contributed by atoms with Crippen molar-refractivity contribution >= 4 is 47.1 Å². The summed E-state index contributed by atoms with van der Waals surface area (Å²) in [6, 6.07) is 22.9. The molecule has 0 aliphatic carbocycles. The van der Waals surface area contributed by atoms with Crippen LogP contribution in [0.3, 0.4) is 0 Å². The molecule has 2 heterocycles. The van der Waals surface area contributed by atoms with Crippen molar-refractivity contribution in [3.05, 3.63) is 129 Å². The van der Waals surface area contributed by atoms with Crippen molar-refractivity contribution in [3.63, 3.8) is 0 Å². The van der Waals surface area contributed by atoms with Crippen LogP contribution in [0.25, 0.3) is 0 Å². The van der Waals surface area contributed by atoms with Crippen molar-refractivity contribution in [2.24, 2.45) is 0 Å². The Hall–Kier alpha value is -5.90. The molecule has 0 aromatic heterocycles. The zero-order chi connectivity index (χ0) is 28.7. The van der Waals surface area contributed by atoms with Crippen molar-refractivity contribution < 1.29 is 38.2 Å². The van der Waals surface area contributed by atoms with Gasteiger partial charge in [0, 0.05) is 22.5 Å². The van der Waals surface area contributed by atoms with Crippen molar-refractivity contribution in [1.82, 2.24) is 0 Å². The first-order valence-electron chi connectivity index (χ1n) is 12.4. The zero-order valence-corrected chi connectivity index (χ0v) is 21.1. The molecule has 2 amide bonds. The molecule has 4 aromatic rings. The fourth-order valence-electron chi connectivity index (χ4n) is 4.51. The van der Waals surface area contributed by atoms with Gasteiger partial charge in [-0.2, -0.15) is 0 Å². The van der Waals surface area contributed by atoms with E-state index in [0.717, 1.165) is 11.1 Å². The van der Waals surface area contributed by atoms with Crippen LogP contribution >= 0.6 is 0 Å². The molecular formula is C31H18N2O8. The monoisotopic (exact) mass is 546 g/mol. The number of amides is 2. The molecule has 2 aliphatic rings. The number of anilines is 2. The molecule has 6 rings (SSSR count). The summed E-state index contributed by atoms with van der Waals surface area (Å²) in [5.41, 5.74) is 3.93. The maximum atomic E-state index is 12.6. The third-order valence-corrected chi connectivity index (χ3v) is 6.65. The number of hydrogen-bond donors (Lipinski definition) is 2. The lowest BCUT2D eigenvalue weighted by Gasteiger charge is -2.09. The minimum atomic E-state index is -0.773. The Morgan fingerprint density at radius 3 is 1.24 bits per heavy atom. The number of benzene rings is 4. The maximum Gasteiger partial charge on any atom is 0.346 e. The van der Waals surface area contributed by atoms with Crippen molar-refractivity contribution in [3.8, 4) is 0 Å². The van der Waals surface area contributed by atoms with Gasteiger partial charge in [-0.1, -0.05) is 24.3 Å². The van der Waals surface area contributed by atoms with Gasteiger partial charge in [0.25, 0.3) is 11.8 Å². The van der Waals surface area contributed by atoms with E-state index in [0.29, 0.717) is 17.8 Å². The third kappa shape index (κ3) is 4.97. The SMILES string of the molecule is O=C(Nc1ccc(Cc2ccc(NC(=O)c3ccc4c(c3)C(=O)OC4=O)cc2)cc1)c1ccc2c(c1)C(=O)OC2=O. The molecule has 200 valence electrons. The number of carbonyl (C=O) groups is 6. The predicted octanol–water partition coefficient (Wildman–Crippen LogP) is 4.40. The van der Waals surface area contributed by atoms with Gasteiger partial charge < -0.3 is 20.1 Å². The van der Waals surface area contributed by atoms with Gasteiger partial charge in [0.05, 0.1) is 22.3 Å². The van der Waals surface area contributed by atoms with Crippen LogP contribution in [0.1, 0.15) is 73.3 Å². The van der Waals surface area contributed by atoms with Crippen molar-refractivity contribution in [1.29, 1.82) is 0 Å². The first-order chi connectivity index (χ1) is 19.7. The van der Waals surface area contributed by atoms with E-state index in [1.54, 1.807) is 24.3 Å². The van der Waals surface area contributed by atoms with Crippen LogP contribution in [-0.4, -0.2) is 35.7 Å². The fraction of sp³-hybridized carbons (Fsp3) is 0.0323. The number of carbonyl (C=O) groups excluding carboxylic acids is 6. The number of nitrogens with one attached hydrogen (secondary N) is 2. The van der Waals surface area contributed by atoms with E-state index in [4.69, 9.17) is 0 Å². The lowest BCUT2D eigenvalue weighted by Crippen LogP contribution is -2.13. The Balaban J connectivity index is 1.06. The first kappa shape index (κ1) is 25.4. The highest BCUT2D eigenvalue weighted by molar-refractivity contribution is 6.17.